The minimum absolute atomic E-state index is 0. The number of carbonyl (C=O) groups is 1. The predicted octanol–water partition coefficient (Wildman–Crippen LogP) is 2.79. The monoisotopic (exact) mass is 434 g/mol. The van der Waals surface area contributed by atoms with Crippen molar-refractivity contribution < 1.29 is 52.5 Å². The van der Waals surface area contributed by atoms with E-state index in [1.54, 1.807) is 0 Å². The fourth-order valence-corrected chi connectivity index (χ4v) is 4.30. The van der Waals surface area contributed by atoms with Crippen LogP contribution in [0, 0.1) is 18.8 Å². The second-order valence-electron chi connectivity index (χ2n) is 7.37. The molecule has 0 heterocycles. The number of aryl methyl sites for hydroxylation is 1. The molecule has 0 spiro atoms. The zero-order chi connectivity index (χ0) is 17.8. The standard InChI is InChI=1S/C21H29O4.Y/c1-2-3-11-25-13-18-17(20(23)12-21(18)24)8-7-14-5-4-6-16-15(14)9-10-19(16)22;/h4-6,17-19,21-22,24H,1-3,7-13H2;/q-1;/t17-,18-,19?,21?;/m1./s1. The Balaban J connectivity index is 0.00000243. The largest absolute Gasteiger partial charge is 0.392 e. The predicted molar refractivity (Wildman–Crippen MR) is 96.1 cm³/mol. The van der Waals surface area contributed by atoms with Crippen LogP contribution in [0.5, 0.6) is 0 Å². The van der Waals surface area contributed by atoms with Crippen LogP contribution in [-0.4, -0.2) is 35.3 Å². The Hall–Kier alpha value is -0.126. The summed E-state index contributed by atoms with van der Waals surface area (Å²) in [6.45, 7) is 4.88. The van der Waals surface area contributed by atoms with Crippen LogP contribution in [0.4, 0.5) is 0 Å². The summed E-state index contributed by atoms with van der Waals surface area (Å²) in [7, 11) is 0. The quantitative estimate of drug-likeness (QED) is 0.488. The van der Waals surface area contributed by atoms with Crippen molar-refractivity contribution in [3.8, 4) is 0 Å². The van der Waals surface area contributed by atoms with Gasteiger partial charge in [-0.3, -0.25) is 4.79 Å². The third-order valence-corrected chi connectivity index (χ3v) is 5.74. The molecule has 3 rings (SSSR count). The van der Waals surface area contributed by atoms with Gasteiger partial charge in [0.05, 0.1) is 18.8 Å². The summed E-state index contributed by atoms with van der Waals surface area (Å²) in [6.07, 6.45) is 4.31. The van der Waals surface area contributed by atoms with Crippen molar-refractivity contribution in [3.05, 3.63) is 41.8 Å². The molecule has 1 radical (unpaired) electrons. The molecule has 1 fully saturated rings. The molecule has 5 heteroatoms. The van der Waals surface area contributed by atoms with Gasteiger partial charge in [0.15, 0.2) is 0 Å². The van der Waals surface area contributed by atoms with Crippen molar-refractivity contribution in [2.24, 2.45) is 11.8 Å². The first kappa shape index (κ1) is 22.2. The zero-order valence-corrected chi connectivity index (χ0v) is 18.2. The molecule has 0 amide bonds. The van der Waals surface area contributed by atoms with Gasteiger partial charge in [-0.25, -0.2) is 0 Å². The van der Waals surface area contributed by atoms with Crippen LogP contribution in [0.1, 0.15) is 54.9 Å². The molecular weight excluding hydrogens is 405 g/mol. The minimum Gasteiger partial charge on any atom is -0.392 e. The number of ketones is 1. The number of benzene rings is 1. The van der Waals surface area contributed by atoms with Crippen LogP contribution >= 0.6 is 0 Å². The van der Waals surface area contributed by atoms with Crippen molar-refractivity contribution in [1.29, 1.82) is 0 Å². The molecule has 0 aliphatic heterocycles. The summed E-state index contributed by atoms with van der Waals surface area (Å²) in [5, 5.41) is 20.3. The maximum atomic E-state index is 12.3. The Kier molecular flexibility index (Phi) is 8.89. The summed E-state index contributed by atoms with van der Waals surface area (Å²) in [6, 6.07) is 6.10. The van der Waals surface area contributed by atoms with Crippen molar-refractivity contribution in [3.63, 3.8) is 0 Å². The third kappa shape index (κ3) is 5.02. The molecule has 2 unspecified atom stereocenters. The molecule has 0 saturated heterocycles. The summed E-state index contributed by atoms with van der Waals surface area (Å²) >= 11 is 0. The van der Waals surface area contributed by atoms with E-state index in [9.17, 15) is 15.0 Å². The van der Waals surface area contributed by atoms with E-state index in [0.717, 1.165) is 44.1 Å². The van der Waals surface area contributed by atoms with E-state index in [1.807, 2.05) is 12.1 Å². The molecular formula is C21H29O4Y-. The number of rotatable bonds is 8. The van der Waals surface area contributed by atoms with Crippen LogP contribution in [0.2, 0.25) is 0 Å². The van der Waals surface area contributed by atoms with E-state index >= 15 is 0 Å². The number of carbonyl (C=O) groups excluding carboxylic acids is 1. The molecule has 4 atom stereocenters. The van der Waals surface area contributed by atoms with Crippen molar-refractivity contribution in [2.45, 2.75) is 57.2 Å². The molecule has 141 valence electrons. The van der Waals surface area contributed by atoms with Gasteiger partial charge in [-0.2, -0.15) is 6.42 Å². The number of ether oxygens (including phenoxy) is 1. The van der Waals surface area contributed by atoms with Gasteiger partial charge in [0.25, 0.3) is 0 Å². The Morgan fingerprint density at radius 2 is 2.08 bits per heavy atom. The van der Waals surface area contributed by atoms with Gasteiger partial charge < -0.3 is 21.9 Å². The first-order valence-corrected chi connectivity index (χ1v) is 9.48. The first-order valence-electron chi connectivity index (χ1n) is 9.48. The molecule has 2 N–H and O–H groups in total. The average molecular weight is 434 g/mol. The molecule has 1 saturated carbocycles. The van der Waals surface area contributed by atoms with Gasteiger partial charge in [-0.05, 0) is 42.4 Å². The van der Waals surface area contributed by atoms with Crippen LogP contribution in [-0.2, 0) is 55.1 Å². The van der Waals surface area contributed by atoms with E-state index in [-0.39, 0.29) is 62.9 Å². The van der Waals surface area contributed by atoms with Gasteiger partial charge >= 0.3 is 0 Å². The fraction of sp³-hybridized carbons (Fsp3) is 0.619. The number of hydrogen-bond donors (Lipinski definition) is 2. The summed E-state index contributed by atoms with van der Waals surface area (Å²) in [5.74, 6) is -0.0672. The van der Waals surface area contributed by atoms with E-state index in [4.69, 9.17) is 4.74 Å². The Bertz CT molecular complexity index is 604. The van der Waals surface area contributed by atoms with Gasteiger partial charge in [0.2, 0.25) is 0 Å². The number of Topliss-reactive ketones (excluding diaryl/α,β-unsaturated/α-hetero) is 1. The van der Waals surface area contributed by atoms with Gasteiger partial charge in [0.1, 0.15) is 5.78 Å². The van der Waals surface area contributed by atoms with E-state index in [1.165, 1.54) is 11.1 Å². The van der Waals surface area contributed by atoms with Crippen LogP contribution in [0.3, 0.4) is 0 Å². The number of aliphatic hydroxyl groups is 2. The Morgan fingerprint density at radius 1 is 1.27 bits per heavy atom. The second-order valence-corrected chi connectivity index (χ2v) is 7.37. The summed E-state index contributed by atoms with van der Waals surface area (Å²) in [5.41, 5.74) is 3.53. The summed E-state index contributed by atoms with van der Waals surface area (Å²) < 4.78 is 5.66. The Labute approximate surface area is 181 Å². The molecule has 1 aromatic rings. The molecule has 2 aliphatic rings. The van der Waals surface area contributed by atoms with Crippen molar-refractivity contribution in [1.82, 2.24) is 0 Å². The van der Waals surface area contributed by atoms with Crippen LogP contribution in [0.25, 0.3) is 0 Å². The second kappa shape index (κ2) is 10.4. The molecule has 0 bridgehead atoms. The van der Waals surface area contributed by atoms with Crippen LogP contribution in [0.15, 0.2) is 18.2 Å². The van der Waals surface area contributed by atoms with E-state index in [0.29, 0.717) is 13.2 Å². The normalized spacial score (nSPS) is 27.4. The molecule has 0 aromatic heterocycles. The van der Waals surface area contributed by atoms with E-state index < -0.39 is 6.10 Å². The smallest absolute Gasteiger partial charge is 0.139 e. The number of unbranched alkanes of at least 4 members (excludes halogenated alkanes) is 1. The number of aliphatic hydroxyl groups excluding tert-OH is 2. The van der Waals surface area contributed by atoms with Crippen molar-refractivity contribution in [2.75, 3.05) is 13.2 Å². The Morgan fingerprint density at radius 3 is 2.85 bits per heavy atom. The maximum absolute atomic E-state index is 12.3. The average Bonchev–Trinajstić information content (AvgIpc) is 3.10. The molecule has 4 nitrogen and oxygen atoms in total. The minimum atomic E-state index is -0.583. The van der Waals surface area contributed by atoms with Crippen LogP contribution < -0.4 is 0 Å². The molecule has 1 aromatic carbocycles. The topological polar surface area (TPSA) is 66.8 Å². The SMILES string of the molecule is [CH2-]CCCOC[C@H]1C(O)CC(=O)[C@@H]1CCc1cccc2c1CCC2O.[Y]. The fourth-order valence-electron chi connectivity index (χ4n) is 4.30. The summed E-state index contributed by atoms with van der Waals surface area (Å²) in [4.78, 5) is 12.3. The first-order chi connectivity index (χ1) is 12.1. The maximum Gasteiger partial charge on any atom is 0.139 e. The zero-order valence-electron chi connectivity index (χ0n) is 15.4. The third-order valence-electron chi connectivity index (χ3n) is 5.74. The van der Waals surface area contributed by atoms with E-state index in [2.05, 4.69) is 13.0 Å². The molecule has 2 aliphatic carbocycles. The van der Waals surface area contributed by atoms with Crippen molar-refractivity contribution >= 4 is 5.78 Å². The molecule has 26 heavy (non-hydrogen) atoms. The van der Waals surface area contributed by atoms with Gasteiger partial charge in [-0.1, -0.05) is 24.6 Å². The number of hydrogen-bond acceptors (Lipinski definition) is 4. The number of fused-ring (bicyclic) bond motifs is 1. The van der Waals surface area contributed by atoms with Gasteiger partial charge in [-0.15, -0.1) is 0 Å². The van der Waals surface area contributed by atoms with Gasteiger partial charge in [0, 0.05) is 57.6 Å².